The lowest BCUT2D eigenvalue weighted by Crippen LogP contribution is -2.44. The standard InChI is InChI=1S/C13H23N5O/c1-3-4-6-14-13(19)11(2)17-8-5-12(10-17)18-9-7-15-16-18/h7,9,11-12H,3-6,8,10H2,1-2H3,(H,14,19). The van der Waals surface area contributed by atoms with Crippen molar-refractivity contribution >= 4 is 5.91 Å². The third kappa shape index (κ3) is 3.53. The lowest BCUT2D eigenvalue weighted by molar-refractivity contribution is -0.125. The van der Waals surface area contributed by atoms with Crippen LogP contribution in [0.3, 0.4) is 0 Å². The number of rotatable bonds is 6. The quantitative estimate of drug-likeness (QED) is 0.774. The number of carbonyl (C=O) groups is 1. The SMILES string of the molecule is CCCCNC(=O)C(C)N1CCC(n2ccnn2)C1. The van der Waals surface area contributed by atoms with E-state index in [1.165, 1.54) is 0 Å². The largest absolute Gasteiger partial charge is 0.355 e. The molecule has 0 radical (unpaired) electrons. The number of hydrogen-bond donors (Lipinski definition) is 1. The van der Waals surface area contributed by atoms with Gasteiger partial charge >= 0.3 is 0 Å². The van der Waals surface area contributed by atoms with Gasteiger partial charge in [0.05, 0.1) is 18.3 Å². The van der Waals surface area contributed by atoms with Crippen LogP contribution in [0.1, 0.15) is 39.2 Å². The molecule has 1 saturated heterocycles. The fourth-order valence-corrected chi connectivity index (χ4v) is 2.45. The molecule has 1 aliphatic rings. The fraction of sp³-hybridized carbons (Fsp3) is 0.769. The Kier molecular flexibility index (Phi) is 4.90. The number of unbranched alkanes of at least 4 members (excludes halogenated alkanes) is 1. The van der Waals surface area contributed by atoms with E-state index in [0.29, 0.717) is 6.04 Å². The van der Waals surface area contributed by atoms with Crippen molar-refractivity contribution < 1.29 is 4.79 Å². The average molecular weight is 265 g/mol. The summed E-state index contributed by atoms with van der Waals surface area (Å²) in [6, 6.07) is 0.277. The number of nitrogens with one attached hydrogen (secondary N) is 1. The summed E-state index contributed by atoms with van der Waals surface area (Å²) >= 11 is 0. The van der Waals surface area contributed by atoms with Crippen LogP contribution in [-0.2, 0) is 4.79 Å². The van der Waals surface area contributed by atoms with E-state index in [9.17, 15) is 4.79 Å². The first kappa shape index (κ1) is 14.0. The number of amides is 1. The van der Waals surface area contributed by atoms with Gasteiger partial charge in [0, 0.05) is 25.8 Å². The molecule has 1 aromatic rings. The third-order valence-electron chi connectivity index (χ3n) is 3.77. The fourth-order valence-electron chi connectivity index (χ4n) is 2.45. The minimum atomic E-state index is -0.0645. The topological polar surface area (TPSA) is 63.1 Å². The van der Waals surface area contributed by atoms with Crippen LogP contribution in [0.5, 0.6) is 0 Å². The number of hydrogen-bond acceptors (Lipinski definition) is 4. The second-order valence-corrected chi connectivity index (χ2v) is 5.14. The smallest absolute Gasteiger partial charge is 0.237 e. The molecule has 106 valence electrons. The van der Waals surface area contributed by atoms with E-state index in [4.69, 9.17) is 0 Å². The van der Waals surface area contributed by atoms with Crippen LogP contribution in [0.15, 0.2) is 12.4 Å². The van der Waals surface area contributed by atoms with Gasteiger partial charge in [-0.2, -0.15) is 0 Å². The molecule has 2 unspecified atom stereocenters. The second-order valence-electron chi connectivity index (χ2n) is 5.14. The van der Waals surface area contributed by atoms with Gasteiger partial charge in [0.1, 0.15) is 0 Å². The molecule has 1 fully saturated rings. The van der Waals surface area contributed by atoms with Crippen LogP contribution in [0.25, 0.3) is 0 Å². The van der Waals surface area contributed by atoms with Gasteiger partial charge in [-0.15, -0.1) is 5.10 Å². The Morgan fingerprint density at radius 3 is 3.11 bits per heavy atom. The van der Waals surface area contributed by atoms with Gasteiger partial charge in [0.2, 0.25) is 5.91 Å². The molecule has 1 amide bonds. The maximum absolute atomic E-state index is 12.0. The highest BCUT2D eigenvalue weighted by Gasteiger charge is 2.30. The van der Waals surface area contributed by atoms with E-state index in [1.54, 1.807) is 6.20 Å². The molecule has 0 aliphatic carbocycles. The van der Waals surface area contributed by atoms with Crippen molar-refractivity contribution in [1.29, 1.82) is 0 Å². The van der Waals surface area contributed by atoms with Gasteiger partial charge in [-0.3, -0.25) is 9.69 Å². The normalized spacial score (nSPS) is 21.5. The van der Waals surface area contributed by atoms with Crippen molar-refractivity contribution in [3.8, 4) is 0 Å². The van der Waals surface area contributed by atoms with Crippen molar-refractivity contribution in [2.24, 2.45) is 0 Å². The zero-order valence-electron chi connectivity index (χ0n) is 11.7. The monoisotopic (exact) mass is 265 g/mol. The van der Waals surface area contributed by atoms with Gasteiger partial charge in [-0.1, -0.05) is 18.6 Å². The molecule has 0 spiro atoms. The first-order valence-corrected chi connectivity index (χ1v) is 7.10. The van der Waals surface area contributed by atoms with E-state index in [0.717, 1.165) is 38.9 Å². The minimum Gasteiger partial charge on any atom is -0.355 e. The molecule has 19 heavy (non-hydrogen) atoms. The zero-order valence-corrected chi connectivity index (χ0v) is 11.7. The Morgan fingerprint density at radius 2 is 2.42 bits per heavy atom. The van der Waals surface area contributed by atoms with Crippen LogP contribution in [-0.4, -0.2) is 51.5 Å². The molecule has 2 atom stereocenters. The van der Waals surface area contributed by atoms with E-state index >= 15 is 0 Å². The highest BCUT2D eigenvalue weighted by Crippen LogP contribution is 2.22. The lowest BCUT2D eigenvalue weighted by atomic mass is 10.2. The Labute approximate surface area is 114 Å². The van der Waals surface area contributed by atoms with Crippen molar-refractivity contribution in [1.82, 2.24) is 25.2 Å². The molecule has 6 heteroatoms. The van der Waals surface area contributed by atoms with E-state index in [2.05, 4.69) is 27.5 Å². The molecule has 0 bridgehead atoms. The van der Waals surface area contributed by atoms with E-state index < -0.39 is 0 Å². The summed E-state index contributed by atoms with van der Waals surface area (Å²) in [5, 5.41) is 10.9. The molecule has 0 aromatic carbocycles. The zero-order chi connectivity index (χ0) is 13.7. The summed E-state index contributed by atoms with van der Waals surface area (Å²) in [7, 11) is 0. The summed E-state index contributed by atoms with van der Waals surface area (Å²) in [6.45, 7) is 6.68. The summed E-state index contributed by atoms with van der Waals surface area (Å²) < 4.78 is 1.89. The molecule has 1 aliphatic heterocycles. The average Bonchev–Trinajstić information content (AvgIpc) is 3.08. The Hall–Kier alpha value is -1.43. The predicted octanol–water partition coefficient (Wildman–Crippen LogP) is 0.830. The Balaban J connectivity index is 1.81. The second kappa shape index (κ2) is 6.65. The molecular weight excluding hydrogens is 242 g/mol. The van der Waals surface area contributed by atoms with Crippen molar-refractivity contribution in [3.05, 3.63) is 12.4 Å². The van der Waals surface area contributed by atoms with Crippen LogP contribution < -0.4 is 5.32 Å². The summed E-state index contributed by atoms with van der Waals surface area (Å²) in [5.74, 6) is 0.132. The molecule has 0 saturated carbocycles. The molecule has 6 nitrogen and oxygen atoms in total. The maximum atomic E-state index is 12.0. The van der Waals surface area contributed by atoms with Crippen LogP contribution in [0, 0.1) is 0 Å². The van der Waals surface area contributed by atoms with E-state index in [-0.39, 0.29) is 11.9 Å². The maximum Gasteiger partial charge on any atom is 0.237 e. The number of likely N-dealkylation sites (tertiary alicyclic amines) is 1. The van der Waals surface area contributed by atoms with Crippen molar-refractivity contribution in [2.75, 3.05) is 19.6 Å². The van der Waals surface area contributed by atoms with Gasteiger partial charge in [-0.25, -0.2) is 4.68 Å². The Morgan fingerprint density at radius 1 is 1.58 bits per heavy atom. The van der Waals surface area contributed by atoms with E-state index in [1.807, 2.05) is 17.8 Å². The molecule has 1 N–H and O–H groups in total. The third-order valence-corrected chi connectivity index (χ3v) is 3.77. The van der Waals surface area contributed by atoms with Gasteiger partial charge in [-0.05, 0) is 19.8 Å². The predicted molar refractivity (Wildman–Crippen MR) is 72.6 cm³/mol. The summed E-state index contributed by atoms with van der Waals surface area (Å²) in [5.41, 5.74) is 0. The lowest BCUT2D eigenvalue weighted by Gasteiger charge is -2.23. The molecule has 2 rings (SSSR count). The highest BCUT2D eigenvalue weighted by molar-refractivity contribution is 5.81. The van der Waals surface area contributed by atoms with Crippen LogP contribution in [0.4, 0.5) is 0 Å². The van der Waals surface area contributed by atoms with Gasteiger partial charge in [0.15, 0.2) is 0 Å². The first-order valence-electron chi connectivity index (χ1n) is 7.10. The minimum absolute atomic E-state index is 0.0645. The number of nitrogens with zero attached hydrogens (tertiary/aromatic N) is 4. The summed E-state index contributed by atoms with van der Waals surface area (Å²) in [4.78, 5) is 14.2. The summed E-state index contributed by atoms with van der Waals surface area (Å²) in [6.07, 6.45) is 6.76. The van der Waals surface area contributed by atoms with Crippen molar-refractivity contribution in [2.45, 2.75) is 45.2 Å². The van der Waals surface area contributed by atoms with Crippen LogP contribution in [0.2, 0.25) is 0 Å². The van der Waals surface area contributed by atoms with Crippen molar-refractivity contribution in [3.63, 3.8) is 0 Å². The van der Waals surface area contributed by atoms with Crippen LogP contribution >= 0.6 is 0 Å². The number of aromatic nitrogens is 3. The molecule has 2 heterocycles. The number of carbonyl (C=O) groups excluding carboxylic acids is 1. The molecule has 1 aromatic heterocycles. The van der Waals surface area contributed by atoms with Gasteiger partial charge < -0.3 is 5.32 Å². The van der Waals surface area contributed by atoms with Gasteiger partial charge in [0.25, 0.3) is 0 Å². The Bertz CT molecular complexity index is 392. The molecular formula is C13H23N5O. The highest BCUT2D eigenvalue weighted by atomic mass is 16.2. The first-order chi connectivity index (χ1) is 9.22.